The van der Waals surface area contributed by atoms with E-state index >= 15 is 0 Å². The molecule has 3 fully saturated rings. The largest absolute Gasteiger partial charge is 0.463 e. The Morgan fingerprint density at radius 3 is 1.90 bits per heavy atom. The second kappa shape index (κ2) is 20.8. The number of amides is 1. The van der Waals surface area contributed by atoms with E-state index in [9.17, 15) is 24.0 Å². The van der Waals surface area contributed by atoms with Crippen molar-refractivity contribution in [3.63, 3.8) is 0 Å². The average molecular weight is 949 g/mol. The van der Waals surface area contributed by atoms with E-state index < -0.39 is 126 Å². The van der Waals surface area contributed by atoms with Crippen molar-refractivity contribution >= 4 is 85.1 Å². The summed E-state index contributed by atoms with van der Waals surface area (Å²) in [5.41, 5.74) is -1.05. The van der Waals surface area contributed by atoms with Crippen LogP contribution in [0.25, 0.3) is 0 Å². The van der Waals surface area contributed by atoms with Crippen molar-refractivity contribution in [2.75, 3.05) is 19.8 Å². The second-order valence-electron chi connectivity index (χ2n) is 16.1. The zero-order valence-corrected chi connectivity index (χ0v) is 38.8. The van der Waals surface area contributed by atoms with E-state index in [0.29, 0.717) is 4.90 Å². The van der Waals surface area contributed by atoms with E-state index in [0.717, 1.165) is 27.7 Å². The first-order chi connectivity index (χ1) is 27.8. The van der Waals surface area contributed by atoms with E-state index in [1.54, 1.807) is 24.3 Å². The number of carbonyl (C=O) groups is 5. The number of hydrogen-bond donors (Lipinski definition) is 1. The molecule has 0 bridgehead atoms. The number of ether oxygens (including phenoxy) is 8. The van der Waals surface area contributed by atoms with Gasteiger partial charge in [0.1, 0.15) is 49.7 Å². The van der Waals surface area contributed by atoms with E-state index in [2.05, 4.69) is 5.32 Å². The average Bonchev–Trinajstić information content (AvgIpc) is 3.09. The standard InChI is InChI=1S/C37H52Cl3NO17SSi/c1-19(42)47-16-24-27(50-20(2)43)30(51-21(3)44)31(52-22(4)45)32(53-24)55-29-26(41-34(46)48-18-37(38,39)40)33(59-23-14-12-11-13-15-23)54-25-17-49-57-60(35(5,6)7,36(8,9)10)58-56-28(25)29/h11-15,24-33H,16-18H2,1-10H3,(H,41,46)/t24-,25-,26-,27+,28+,29-,30+,31-,32+,33+/m1/s1. The van der Waals surface area contributed by atoms with Crippen molar-refractivity contribution in [3.05, 3.63) is 30.3 Å². The Labute approximate surface area is 368 Å². The third kappa shape index (κ3) is 13.3. The quantitative estimate of drug-likeness (QED) is 0.0920. The Bertz CT molecular complexity index is 1650. The van der Waals surface area contributed by atoms with E-state index in [-0.39, 0.29) is 6.61 Å². The van der Waals surface area contributed by atoms with Gasteiger partial charge in [0.25, 0.3) is 0 Å². The van der Waals surface area contributed by atoms with Crippen LogP contribution >= 0.6 is 46.6 Å². The molecule has 3 aliphatic heterocycles. The fraction of sp³-hybridized carbons (Fsp3) is 0.703. The van der Waals surface area contributed by atoms with Gasteiger partial charge in [-0.3, -0.25) is 19.2 Å². The van der Waals surface area contributed by atoms with Gasteiger partial charge in [-0.25, -0.2) is 23.7 Å². The summed E-state index contributed by atoms with van der Waals surface area (Å²) in [5.74, 6) is -3.28. The number of thioether (sulfide) groups is 1. The van der Waals surface area contributed by atoms with E-state index in [4.69, 9.17) is 91.6 Å². The van der Waals surface area contributed by atoms with Gasteiger partial charge in [-0.1, -0.05) is 106 Å². The van der Waals surface area contributed by atoms with Crippen molar-refractivity contribution < 1.29 is 80.8 Å². The smallest absolute Gasteiger partial charge is 0.419 e. The van der Waals surface area contributed by atoms with E-state index in [1.165, 1.54) is 11.8 Å². The molecule has 60 heavy (non-hydrogen) atoms. The van der Waals surface area contributed by atoms with Crippen molar-refractivity contribution in [1.82, 2.24) is 5.32 Å². The Kier molecular flexibility index (Phi) is 17.4. The Balaban J connectivity index is 1.91. The Morgan fingerprint density at radius 1 is 0.767 bits per heavy atom. The SMILES string of the molecule is CC(=O)OC[C@H]1O[C@@H](O[C@@H]2[C@@H](NC(=O)OCC(Cl)(Cl)Cl)[C@H](Sc3ccccc3)O[C@@H]3COO[Si](C(C)(C)C)(C(C)(C)C)OO[C@H]23)[C@H](OC(C)=O)[C@@H](OC(C)=O)[C@H]1OC(C)=O. The predicted molar refractivity (Wildman–Crippen MR) is 215 cm³/mol. The number of alkyl carbamates (subject to hydrolysis) is 1. The van der Waals surface area contributed by atoms with Crippen LogP contribution in [0.4, 0.5) is 4.79 Å². The maximum absolute atomic E-state index is 13.6. The van der Waals surface area contributed by atoms with Crippen molar-refractivity contribution in [2.45, 2.75) is 148 Å². The summed E-state index contributed by atoms with van der Waals surface area (Å²) in [6, 6.07) is 7.73. The summed E-state index contributed by atoms with van der Waals surface area (Å²) in [5, 5.41) is 1.40. The molecule has 0 unspecified atom stereocenters. The van der Waals surface area contributed by atoms with Crippen LogP contribution in [0.2, 0.25) is 10.1 Å². The van der Waals surface area contributed by atoms with Gasteiger partial charge in [0.15, 0.2) is 24.6 Å². The molecular formula is C37H52Cl3NO17SSi. The van der Waals surface area contributed by atoms with Crippen LogP contribution in [0.15, 0.2) is 35.2 Å². The van der Waals surface area contributed by atoms with Gasteiger partial charge in [0.05, 0.1) is 6.04 Å². The molecule has 338 valence electrons. The van der Waals surface area contributed by atoms with Crippen molar-refractivity contribution in [3.8, 4) is 0 Å². The molecule has 3 aliphatic rings. The minimum Gasteiger partial charge on any atom is -0.463 e. The molecule has 0 aromatic heterocycles. The fourth-order valence-electron chi connectivity index (χ4n) is 6.93. The first-order valence-electron chi connectivity index (χ1n) is 18.8. The summed E-state index contributed by atoms with van der Waals surface area (Å²) in [4.78, 5) is 76.4. The van der Waals surface area contributed by atoms with Crippen molar-refractivity contribution in [1.29, 1.82) is 0 Å². The maximum Gasteiger partial charge on any atom is 0.419 e. The summed E-state index contributed by atoms with van der Waals surface area (Å²) in [6.07, 6.45) is -12.7. The third-order valence-electron chi connectivity index (χ3n) is 9.19. The highest BCUT2D eigenvalue weighted by atomic mass is 35.6. The number of rotatable bonds is 11. The van der Waals surface area contributed by atoms with E-state index in [1.807, 2.05) is 47.6 Å². The Morgan fingerprint density at radius 2 is 1.35 bits per heavy atom. The van der Waals surface area contributed by atoms with Crippen LogP contribution in [0.1, 0.15) is 69.2 Å². The first-order valence-corrected chi connectivity index (χ1v) is 22.6. The molecule has 3 heterocycles. The third-order valence-corrected chi connectivity index (χ3v) is 15.3. The van der Waals surface area contributed by atoms with Gasteiger partial charge < -0.3 is 43.2 Å². The lowest BCUT2D eigenvalue weighted by atomic mass is 9.95. The number of nitrogens with one attached hydrogen (secondary N) is 1. The van der Waals surface area contributed by atoms with Crippen LogP contribution in [-0.2, 0) is 76.0 Å². The molecule has 23 heteroatoms. The molecule has 10 atom stereocenters. The van der Waals surface area contributed by atoms with Gasteiger partial charge in [-0.05, 0) is 12.1 Å². The van der Waals surface area contributed by atoms with Crippen LogP contribution in [0.5, 0.6) is 0 Å². The molecule has 1 amide bonds. The van der Waals surface area contributed by atoms with Crippen LogP contribution in [0.3, 0.4) is 0 Å². The highest BCUT2D eigenvalue weighted by Crippen LogP contribution is 2.53. The summed E-state index contributed by atoms with van der Waals surface area (Å²) < 4.78 is 57.7. The normalized spacial score (nSPS) is 29.7. The lowest BCUT2D eigenvalue weighted by Gasteiger charge is -2.52. The minimum atomic E-state index is -3.59. The zero-order valence-electron chi connectivity index (χ0n) is 34.8. The molecule has 18 nitrogen and oxygen atoms in total. The molecule has 0 spiro atoms. The van der Waals surface area contributed by atoms with Crippen LogP contribution < -0.4 is 5.32 Å². The number of esters is 4. The van der Waals surface area contributed by atoms with Gasteiger partial charge in [0, 0.05) is 42.7 Å². The molecule has 3 saturated heterocycles. The van der Waals surface area contributed by atoms with Crippen LogP contribution in [-0.4, -0.2) is 123 Å². The number of alkyl halides is 3. The molecule has 1 aromatic rings. The molecule has 0 saturated carbocycles. The molecule has 0 aliphatic carbocycles. The van der Waals surface area contributed by atoms with Crippen molar-refractivity contribution in [2.24, 2.45) is 0 Å². The lowest BCUT2D eigenvalue weighted by Crippen LogP contribution is -2.70. The number of halogens is 3. The summed E-state index contributed by atoms with van der Waals surface area (Å²) >= 11 is 18.9. The lowest BCUT2D eigenvalue weighted by molar-refractivity contribution is -0.402. The fourth-order valence-corrected chi connectivity index (χ4v) is 12.0. The Hall–Kier alpha value is -2.47. The highest BCUT2D eigenvalue weighted by molar-refractivity contribution is 7.99. The van der Waals surface area contributed by atoms with Gasteiger partial charge in [-0.2, -0.15) is 0 Å². The maximum atomic E-state index is 13.6. The van der Waals surface area contributed by atoms with Gasteiger partial charge in [0.2, 0.25) is 3.79 Å². The summed E-state index contributed by atoms with van der Waals surface area (Å²) in [6.45, 7) is 14.5. The minimum absolute atomic E-state index is 0.246. The number of fused-ring (bicyclic) bond motifs is 1. The number of benzene rings is 1. The predicted octanol–water partition coefficient (Wildman–Crippen LogP) is 5.76. The molecule has 1 N–H and O–H groups in total. The molecule has 0 radical (unpaired) electrons. The van der Waals surface area contributed by atoms with Gasteiger partial charge in [-0.15, -0.1) is 0 Å². The molecule has 4 rings (SSSR count). The van der Waals surface area contributed by atoms with Gasteiger partial charge >= 0.3 is 38.5 Å². The molecule has 1 aromatic carbocycles. The monoisotopic (exact) mass is 947 g/mol. The zero-order chi connectivity index (χ0) is 44.8. The first kappa shape index (κ1) is 50.2. The number of carbonyl (C=O) groups excluding carboxylic acids is 5. The highest BCUT2D eigenvalue weighted by Gasteiger charge is 2.64. The van der Waals surface area contributed by atoms with Crippen LogP contribution in [0, 0.1) is 0 Å². The molecular weight excluding hydrogens is 897 g/mol. The topological polar surface area (TPSA) is 208 Å². The second-order valence-corrected chi connectivity index (χ2v) is 24.4. The summed E-state index contributed by atoms with van der Waals surface area (Å²) in [7, 11) is -3.59. The number of hydrogen-bond acceptors (Lipinski definition) is 18.